The van der Waals surface area contributed by atoms with Crippen molar-refractivity contribution < 1.29 is 4.74 Å². The number of rotatable bonds is 7. The number of nitrogens with zero attached hydrogens (tertiary/aromatic N) is 1. The smallest absolute Gasteiger partial charge is 0.191 e. The molecule has 0 fully saturated rings. The SMILES string of the molecule is CCCCOc1ccc(CCNC2=NCCCN2)cc1. The van der Waals surface area contributed by atoms with Crippen LogP contribution in [0.1, 0.15) is 31.7 Å². The predicted molar refractivity (Wildman–Crippen MR) is 83.5 cm³/mol. The molecule has 0 unspecified atom stereocenters. The lowest BCUT2D eigenvalue weighted by Gasteiger charge is -2.15. The average Bonchev–Trinajstić information content (AvgIpc) is 2.50. The minimum atomic E-state index is 0.808. The molecule has 110 valence electrons. The van der Waals surface area contributed by atoms with Gasteiger partial charge in [0.05, 0.1) is 6.61 Å². The molecular weight excluding hydrogens is 250 g/mol. The zero-order chi connectivity index (χ0) is 14.0. The number of ether oxygens (including phenoxy) is 1. The van der Waals surface area contributed by atoms with Crippen molar-refractivity contribution in [2.45, 2.75) is 32.6 Å². The van der Waals surface area contributed by atoms with Crippen molar-refractivity contribution in [2.24, 2.45) is 4.99 Å². The van der Waals surface area contributed by atoms with E-state index in [-0.39, 0.29) is 0 Å². The summed E-state index contributed by atoms with van der Waals surface area (Å²) in [7, 11) is 0. The van der Waals surface area contributed by atoms with Gasteiger partial charge < -0.3 is 15.4 Å². The Kier molecular flexibility index (Phi) is 6.21. The van der Waals surface area contributed by atoms with E-state index in [0.29, 0.717) is 0 Å². The summed E-state index contributed by atoms with van der Waals surface area (Å²) in [5.74, 6) is 1.91. The van der Waals surface area contributed by atoms with Crippen LogP contribution in [0.15, 0.2) is 29.3 Å². The van der Waals surface area contributed by atoms with E-state index < -0.39 is 0 Å². The minimum absolute atomic E-state index is 0.808. The zero-order valence-corrected chi connectivity index (χ0v) is 12.3. The summed E-state index contributed by atoms with van der Waals surface area (Å²) in [6.07, 6.45) is 4.41. The van der Waals surface area contributed by atoms with Crippen LogP contribution in [0, 0.1) is 0 Å². The normalized spacial score (nSPS) is 14.3. The fourth-order valence-corrected chi connectivity index (χ4v) is 2.06. The molecule has 1 heterocycles. The number of unbranched alkanes of at least 4 members (excludes halogenated alkanes) is 1. The summed E-state index contributed by atoms with van der Waals surface area (Å²) in [4.78, 5) is 4.39. The Bertz CT molecular complexity index is 414. The van der Waals surface area contributed by atoms with Crippen molar-refractivity contribution in [1.82, 2.24) is 10.6 Å². The van der Waals surface area contributed by atoms with Crippen molar-refractivity contribution in [3.63, 3.8) is 0 Å². The van der Waals surface area contributed by atoms with Crippen molar-refractivity contribution in [3.8, 4) is 5.75 Å². The van der Waals surface area contributed by atoms with E-state index in [1.807, 2.05) is 0 Å². The summed E-state index contributed by atoms with van der Waals surface area (Å²) in [6.45, 7) is 5.84. The van der Waals surface area contributed by atoms with E-state index in [2.05, 4.69) is 46.8 Å². The molecule has 1 aromatic carbocycles. The molecule has 0 atom stereocenters. The maximum atomic E-state index is 5.66. The Morgan fingerprint density at radius 3 is 2.85 bits per heavy atom. The highest BCUT2D eigenvalue weighted by Gasteiger charge is 2.02. The van der Waals surface area contributed by atoms with Crippen molar-refractivity contribution >= 4 is 5.96 Å². The number of hydrogen-bond acceptors (Lipinski definition) is 4. The first kappa shape index (κ1) is 14.7. The third kappa shape index (κ3) is 5.11. The molecule has 0 saturated carbocycles. The van der Waals surface area contributed by atoms with Gasteiger partial charge in [-0.15, -0.1) is 0 Å². The Balaban J connectivity index is 1.69. The number of nitrogens with one attached hydrogen (secondary N) is 2. The molecule has 0 radical (unpaired) electrons. The van der Waals surface area contributed by atoms with Crippen molar-refractivity contribution in [3.05, 3.63) is 29.8 Å². The highest BCUT2D eigenvalue weighted by atomic mass is 16.5. The van der Waals surface area contributed by atoms with Gasteiger partial charge in [0.2, 0.25) is 0 Å². The first-order valence-electron chi connectivity index (χ1n) is 7.62. The van der Waals surface area contributed by atoms with E-state index in [4.69, 9.17) is 4.74 Å². The molecule has 0 amide bonds. The third-order valence-corrected chi connectivity index (χ3v) is 3.29. The van der Waals surface area contributed by atoms with Gasteiger partial charge in [-0.05, 0) is 37.0 Å². The van der Waals surface area contributed by atoms with Crippen molar-refractivity contribution in [1.29, 1.82) is 0 Å². The lowest BCUT2D eigenvalue weighted by Crippen LogP contribution is -2.41. The second-order valence-corrected chi connectivity index (χ2v) is 5.03. The Morgan fingerprint density at radius 2 is 2.15 bits per heavy atom. The monoisotopic (exact) mass is 275 g/mol. The van der Waals surface area contributed by atoms with Crippen LogP contribution in [0.25, 0.3) is 0 Å². The van der Waals surface area contributed by atoms with Gasteiger partial charge >= 0.3 is 0 Å². The first-order chi connectivity index (χ1) is 9.88. The maximum Gasteiger partial charge on any atom is 0.191 e. The lowest BCUT2D eigenvalue weighted by atomic mass is 10.1. The Morgan fingerprint density at radius 1 is 1.30 bits per heavy atom. The molecule has 2 rings (SSSR count). The Labute approximate surface area is 121 Å². The van der Waals surface area contributed by atoms with Crippen molar-refractivity contribution in [2.75, 3.05) is 26.2 Å². The van der Waals surface area contributed by atoms with Crippen LogP contribution in [-0.4, -0.2) is 32.2 Å². The largest absolute Gasteiger partial charge is 0.494 e. The number of benzene rings is 1. The van der Waals surface area contributed by atoms with Crippen LogP contribution in [0.4, 0.5) is 0 Å². The van der Waals surface area contributed by atoms with Crippen LogP contribution in [0.3, 0.4) is 0 Å². The molecule has 0 saturated heterocycles. The third-order valence-electron chi connectivity index (χ3n) is 3.29. The minimum Gasteiger partial charge on any atom is -0.494 e. The van der Waals surface area contributed by atoms with Gasteiger partial charge in [-0.25, -0.2) is 0 Å². The second kappa shape index (κ2) is 8.46. The van der Waals surface area contributed by atoms with Gasteiger partial charge in [0, 0.05) is 19.6 Å². The summed E-state index contributed by atoms with van der Waals surface area (Å²) < 4.78 is 5.66. The quantitative estimate of drug-likeness (QED) is 0.751. The standard InChI is InChI=1S/C16H25N3O/c1-2-3-13-20-15-7-5-14(6-8-15)9-12-19-16-17-10-4-11-18-16/h5-8H,2-4,9-13H2,1H3,(H2,17,18,19). The van der Waals surface area contributed by atoms with Crippen LogP contribution < -0.4 is 15.4 Å². The molecule has 20 heavy (non-hydrogen) atoms. The van der Waals surface area contributed by atoms with E-state index in [1.165, 1.54) is 12.0 Å². The van der Waals surface area contributed by atoms with E-state index in [0.717, 1.165) is 57.2 Å². The van der Waals surface area contributed by atoms with Crippen LogP contribution in [0.2, 0.25) is 0 Å². The molecule has 0 aliphatic carbocycles. The summed E-state index contributed by atoms with van der Waals surface area (Å²) in [6, 6.07) is 8.39. The Hall–Kier alpha value is -1.71. The fourth-order valence-electron chi connectivity index (χ4n) is 2.06. The van der Waals surface area contributed by atoms with Gasteiger partial charge in [-0.3, -0.25) is 4.99 Å². The fraction of sp³-hybridized carbons (Fsp3) is 0.562. The average molecular weight is 275 g/mol. The summed E-state index contributed by atoms with van der Waals surface area (Å²) in [5, 5.41) is 6.60. The van der Waals surface area contributed by atoms with Crippen LogP contribution >= 0.6 is 0 Å². The van der Waals surface area contributed by atoms with Gasteiger partial charge in [0.15, 0.2) is 5.96 Å². The number of guanidine groups is 1. The van der Waals surface area contributed by atoms with Gasteiger partial charge in [0.25, 0.3) is 0 Å². The topological polar surface area (TPSA) is 45.6 Å². The highest BCUT2D eigenvalue weighted by Crippen LogP contribution is 2.12. The van der Waals surface area contributed by atoms with E-state index >= 15 is 0 Å². The van der Waals surface area contributed by atoms with Gasteiger partial charge in [0.1, 0.15) is 5.75 Å². The van der Waals surface area contributed by atoms with E-state index in [9.17, 15) is 0 Å². The highest BCUT2D eigenvalue weighted by molar-refractivity contribution is 5.80. The molecular formula is C16H25N3O. The molecule has 0 bridgehead atoms. The number of hydrogen-bond donors (Lipinski definition) is 2. The van der Waals surface area contributed by atoms with Gasteiger partial charge in [-0.1, -0.05) is 25.5 Å². The number of aliphatic imine (C=N–C) groups is 1. The molecule has 4 heteroatoms. The molecule has 0 aromatic heterocycles. The zero-order valence-electron chi connectivity index (χ0n) is 12.3. The van der Waals surface area contributed by atoms with E-state index in [1.54, 1.807) is 0 Å². The predicted octanol–water partition coefficient (Wildman–Crippen LogP) is 2.35. The molecule has 0 spiro atoms. The van der Waals surface area contributed by atoms with Gasteiger partial charge in [-0.2, -0.15) is 0 Å². The molecule has 2 N–H and O–H groups in total. The lowest BCUT2D eigenvalue weighted by molar-refractivity contribution is 0.309. The summed E-state index contributed by atoms with van der Waals surface area (Å²) in [5.41, 5.74) is 1.32. The summed E-state index contributed by atoms with van der Waals surface area (Å²) >= 11 is 0. The van der Waals surface area contributed by atoms with Crippen LogP contribution in [-0.2, 0) is 6.42 Å². The molecule has 1 aromatic rings. The molecule has 1 aliphatic heterocycles. The van der Waals surface area contributed by atoms with Crippen LogP contribution in [0.5, 0.6) is 5.75 Å². The first-order valence-corrected chi connectivity index (χ1v) is 7.62. The molecule has 4 nitrogen and oxygen atoms in total. The maximum absolute atomic E-state index is 5.66. The molecule has 1 aliphatic rings. The second-order valence-electron chi connectivity index (χ2n) is 5.03.